The summed E-state index contributed by atoms with van der Waals surface area (Å²) < 4.78 is 7.82. The molecule has 3 atom stereocenters. The van der Waals surface area contributed by atoms with E-state index in [9.17, 15) is 4.79 Å². The zero-order valence-electron chi connectivity index (χ0n) is 20.3. The van der Waals surface area contributed by atoms with Crippen molar-refractivity contribution in [3.63, 3.8) is 0 Å². The van der Waals surface area contributed by atoms with Gasteiger partial charge in [-0.1, -0.05) is 12.1 Å². The van der Waals surface area contributed by atoms with E-state index in [-0.39, 0.29) is 18.1 Å². The number of hydrogen-bond donors (Lipinski definition) is 0. The first kappa shape index (κ1) is 22.3. The number of rotatable bonds is 5. The van der Waals surface area contributed by atoms with Crippen LogP contribution in [0.4, 0.5) is 0 Å². The van der Waals surface area contributed by atoms with Gasteiger partial charge in [-0.05, 0) is 64.7 Å². The van der Waals surface area contributed by atoms with Crippen LogP contribution >= 0.6 is 0 Å². The highest BCUT2D eigenvalue weighted by Gasteiger charge is 2.32. The molecule has 5 rings (SSSR count). The minimum atomic E-state index is 0.256. The average Bonchev–Trinajstić information content (AvgIpc) is 3.37. The van der Waals surface area contributed by atoms with E-state index in [0.717, 1.165) is 72.5 Å². The van der Waals surface area contributed by atoms with Gasteiger partial charge in [0.15, 0.2) is 5.65 Å². The maximum Gasteiger partial charge on any atom is 0.223 e. The van der Waals surface area contributed by atoms with E-state index in [4.69, 9.17) is 14.8 Å². The number of fused-ring (bicyclic) bond motifs is 3. The molecule has 1 aromatic carbocycles. The molecular formula is C26H35N5O2. The van der Waals surface area contributed by atoms with Crippen molar-refractivity contribution in [3.05, 3.63) is 41.2 Å². The van der Waals surface area contributed by atoms with Crippen molar-refractivity contribution in [2.45, 2.75) is 71.6 Å². The molecule has 0 saturated carbocycles. The Labute approximate surface area is 195 Å². The molecule has 33 heavy (non-hydrogen) atoms. The molecule has 2 aromatic heterocycles. The third-order valence-corrected chi connectivity index (χ3v) is 7.27. The van der Waals surface area contributed by atoms with E-state index in [1.807, 2.05) is 29.6 Å². The van der Waals surface area contributed by atoms with Gasteiger partial charge >= 0.3 is 0 Å². The number of aromatic nitrogens is 3. The zero-order chi connectivity index (χ0) is 23.1. The highest BCUT2D eigenvalue weighted by molar-refractivity contribution is 5.92. The van der Waals surface area contributed by atoms with E-state index in [1.165, 1.54) is 0 Å². The van der Waals surface area contributed by atoms with Crippen LogP contribution in [0.2, 0.25) is 0 Å². The number of nitrogens with zero attached hydrogens (tertiary/aromatic N) is 5. The standard InChI is InChI=1S/C26H35N5O2/c1-17-14-29(15-18(2)33-17)16-21-8-7-13-30(21)25(32)12-11-22-19(3)27-26-23-9-5-6-10-24(23)28-31(26)20(22)4/h5-6,9-10,17-18,21H,7-8,11-16H2,1-4H3/t17-,18+,21-/m1/s1. The van der Waals surface area contributed by atoms with Gasteiger partial charge in [-0.15, -0.1) is 0 Å². The Morgan fingerprint density at radius 2 is 1.91 bits per heavy atom. The minimum absolute atomic E-state index is 0.256. The first-order valence-corrected chi connectivity index (χ1v) is 12.3. The van der Waals surface area contributed by atoms with Gasteiger partial charge in [0.05, 0.1) is 17.7 Å². The van der Waals surface area contributed by atoms with Crippen LogP contribution in [0.3, 0.4) is 0 Å². The lowest BCUT2D eigenvalue weighted by Gasteiger charge is -2.38. The van der Waals surface area contributed by atoms with Crippen molar-refractivity contribution in [1.82, 2.24) is 24.4 Å². The number of morpholine rings is 1. The topological polar surface area (TPSA) is 63.0 Å². The second kappa shape index (κ2) is 9.03. The lowest BCUT2D eigenvalue weighted by Crippen LogP contribution is -2.51. The van der Waals surface area contributed by atoms with Gasteiger partial charge in [0.25, 0.3) is 0 Å². The van der Waals surface area contributed by atoms with E-state index >= 15 is 0 Å². The lowest BCUT2D eigenvalue weighted by atomic mass is 10.1. The number of carbonyl (C=O) groups excluding carboxylic acids is 1. The number of aryl methyl sites for hydroxylation is 2. The normalized spacial score (nSPS) is 24.2. The molecule has 3 aromatic rings. The van der Waals surface area contributed by atoms with Gasteiger partial charge in [0.1, 0.15) is 0 Å². The molecule has 7 nitrogen and oxygen atoms in total. The second-order valence-electron chi connectivity index (χ2n) is 9.87. The fourth-order valence-corrected chi connectivity index (χ4v) is 5.80. The summed E-state index contributed by atoms with van der Waals surface area (Å²) in [6, 6.07) is 8.42. The van der Waals surface area contributed by atoms with Crippen LogP contribution in [0, 0.1) is 13.8 Å². The molecule has 176 valence electrons. The Bertz CT molecular complexity index is 1160. The average molecular weight is 450 g/mol. The Hall–Kier alpha value is -2.51. The molecule has 0 spiro atoms. The number of ether oxygens (including phenoxy) is 1. The Morgan fingerprint density at radius 3 is 2.70 bits per heavy atom. The maximum atomic E-state index is 13.3. The summed E-state index contributed by atoms with van der Waals surface area (Å²) in [4.78, 5) is 22.7. The van der Waals surface area contributed by atoms with Gasteiger partial charge in [-0.3, -0.25) is 9.69 Å². The Balaban J connectivity index is 1.29. The molecule has 2 aliphatic heterocycles. The molecule has 2 fully saturated rings. The predicted molar refractivity (Wildman–Crippen MR) is 129 cm³/mol. The smallest absolute Gasteiger partial charge is 0.223 e. The van der Waals surface area contributed by atoms with E-state index in [1.54, 1.807) is 0 Å². The number of likely N-dealkylation sites (tertiary alicyclic amines) is 1. The molecule has 2 saturated heterocycles. The molecule has 0 N–H and O–H groups in total. The Morgan fingerprint density at radius 1 is 1.15 bits per heavy atom. The first-order chi connectivity index (χ1) is 15.9. The Kier molecular flexibility index (Phi) is 6.10. The summed E-state index contributed by atoms with van der Waals surface area (Å²) in [5.74, 6) is 0.261. The fourth-order valence-electron chi connectivity index (χ4n) is 5.80. The number of amides is 1. The maximum absolute atomic E-state index is 13.3. The molecule has 1 amide bonds. The number of hydrogen-bond acceptors (Lipinski definition) is 5. The van der Waals surface area contributed by atoms with E-state index < -0.39 is 0 Å². The third kappa shape index (κ3) is 4.36. The van der Waals surface area contributed by atoms with Crippen LogP contribution in [0.15, 0.2) is 24.3 Å². The summed E-state index contributed by atoms with van der Waals surface area (Å²) >= 11 is 0. The van der Waals surface area contributed by atoms with Crippen molar-refractivity contribution in [1.29, 1.82) is 0 Å². The predicted octanol–water partition coefficient (Wildman–Crippen LogP) is 3.53. The van der Waals surface area contributed by atoms with Crippen LogP contribution in [-0.4, -0.2) is 74.7 Å². The molecule has 0 aliphatic carbocycles. The van der Waals surface area contributed by atoms with Gasteiger partial charge < -0.3 is 9.64 Å². The van der Waals surface area contributed by atoms with E-state index in [2.05, 4.69) is 36.6 Å². The highest BCUT2D eigenvalue weighted by Crippen LogP contribution is 2.25. The van der Waals surface area contributed by atoms with Crippen molar-refractivity contribution in [2.75, 3.05) is 26.2 Å². The van der Waals surface area contributed by atoms with Crippen molar-refractivity contribution >= 4 is 22.5 Å². The van der Waals surface area contributed by atoms with Gasteiger partial charge in [0, 0.05) is 55.4 Å². The highest BCUT2D eigenvalue weighted by atomic mass is 16.5. The summed E-state index contributed by atoms with van der Waals surface area (Å²) in [5, 5.41) is 5.82. The van der Waals surface area contributed by atoms with Crippen LogP contribution in [-0.2, 0) is 16.0 Å². The molecule has 0 unspecified atom stereocenters. The molecule has 4 heterocycles. The van der Waals surface area contributed by atoms with Crippen LogP contribution in [0.25, 0.3) is 16.6 Å². The van der Waals surface area contributed by atoms with Crippen LogP contribution < -0.4 is 0 Å². The lowest BCUT2D eigenvalue weighted by molar-refractivity contribution is -0.133. The van der Waals surface area contributed by atoms with E-state index in [0.29, 0.717) is 18.9 Å². The summed E-state index contributed by atoms with van der Waals surface area (Å²) in [7, 11) is 0. The fraction of sp³-hybridized carbons (Fsp3) is 0.577. The molecule has 0 radical (unpaired) electrons. The molecular weight excluding hydrogens is 414 g/mol. The van der Waals surface area contributed by atoms with Gasteiger partial charge in [-0.2, -0.15) is 5.10 Å². The molecule has 7 heteroatoms. The largest absolute Gasteiger partial charge is 0.373 e. The number of carbonyl (C=O) groups is 1. The minimum Gasteiger partial charge on any atom is -0.373 e. The summed E-state index contributed by atoms with van der Waals surface area (Å²) in [6.07, 6.45) is 3.92. The number of benzene rings is 1. The van der Waals surface area contributed by atoms with Gasteiger partial charge in [-0.25, -0.2) is 9.50 Å². The molecule has 0 bridgehead atoms. The van der Waals surface area contributed by atoms with Crippen LogP contribution in [0.1, 0.15) is 50.1 Å². The van der Waals surface area contributed by atoms with Crippen molar-refractivity contribution in [3.8, 4) is 0 Å². The monoisotopic (exact) mass is 449 g/mol. The van der Waals surface area contributed by atoms with Gasteiger partial charge in [0.2, 0.25) is 5.91 Å². The third-order valence-electron chi connectivity index (χ3n) is 7.27. The molecule has 2 aliphatic rings. The summed E-state index contributed by atoms with van der Waals surface area (Å²) in [5.41, 5.74) is 5.05. The second-order valence-corrected chi connectivity index (χ2v) is 9.87. The van der Waals surface area contributed by atoms with Crippen LogP contribution in [0.5, 0.6) is 0 Å². The SMILES string of the molecule is Cc1nc2c3ccccc3nn2c(C)c1CCC(=O)N1CCC[C@@H]1CN1C[C@@H](C)O[C@@H](C)C1. The van der Waals surface area contributed by atoms with Crippen molar-refractivity contribution < 1.29 is 9.53 Å². The first-order valence-electron chi connectivity index (χ1n) is 12.3. The zero-order valence-corrected chi connectivity index (χ0v) is 20.3. The quantitative estimate of drug-likeness (QED) is 0.596. The summed E-state index contributed by atoms with van der Waals surface area (Å²) in [6.45, 7) is 12.1. The van der Waals surface area contributed by atoms with Crippen molar-refractivity contribution in [2.24, 2.45) is 0 Å².